The van der Waals surface area contributed by atoms with Crippen molar-refractivity contribution >= 4 is 27.3 Å². The monoisotopic (exact) mass is 318 g/mol. The summed E-state index contributed by atoms with van der Waals surface area (Å²) in [6.07, 6.45) is 0. The van der Waals surface area contributed by atoms with E-state index in [0.29, 0.717) is 0 Å². The molecule has 1 amide bonds. The van der Waals surface area contributed by atoms with Gasteiger partial charge in [-0.3, -0.25) is 14.9 Å². The van der Waals surface area contributed by atoms with Crippen molar-refractivity contribution in [3.63, 3.8) is 0 Å². The van der Waals surface area contributed by atoms with Crippen LogP contribution in [0.4, 0.5) is 11.4 Å². The Hall–Kier alpha value is -2.24. The number of primary amides is 1. The van der Waals surface area contributed by atoms with Crippen molar-refractivity contribution in [2.75, 3.05) is 25.5 Å². The fraction of sp³-hybridized carbons (Fsp3) is 0.300. The first-order chi connectivity index (χ1) is 9.74. The third-order valence-corrected chi connectivity index (χ3v) is 3.80. The molecule has 0 atom stereocenters. The Balaban J connectivity index is 2.76. The molecule has 0 heterocycles. The van der Waals surface area contributed by atoms with Crippen molar-refractivity contribution in [1.82, 2.24) is 4.72 Å². The first kappa shape index (κ1) is 16.8. The zero-order chi connectivity index (χ0) is 16.0. The SMILES string of the molecule is NC(=O)COCCNS(=O)(=O)c1cc([N+](=O)[O-])ccc1N. The molecular formula is C10H14N4O6S. The quantitative estimate of drug-likeness (QED) is 0.238. The normalized spacial score (nSPS) is 11.2. The Labute approximate surface area is 120 Å². The number of nitrogens with two attached hydrogens (primary N) is 2. The van der Waals surface area contributed by atoms with Gasteiger partial charge >= 0.3 is 0 Å². The Morgan fingerprint density at radius 2 is 2.10 bits per heavy atom. The minimum Gasteiger partial charge on any atom is -0.398 e. The van der Waals surface area contributed by atoms with E-state index in [0.717, 1.165) is 18.2 Å². The summed E-state index contributed by atoms with van der Waals surface area (Å²) < 4.78 is 30.9. The van der Waals surface area contributed by atoms with Crippen molar-refractivity contribution in [3.8, 4) is 0 Å². The fourth-order valence-corrected chi connectivity index (χ4v) is 2.53. The van der Waals surface area contributed by atoms with Crippen LogP contribution < -0.4 is 16.2 Å². The zero-order valence-electron chi connectivity index (χ0n) is 10.8. The second kappa shape index (κ2) is 6.97. The summed E-state index contributed by atoms with van der Waals surface area (Å²) in [5.74, 6) is -0.680. The number of hydrogen-bond donors (Lipinski definition) is 3. The average molecular weight is 318 g/mol. The third-order valence-electron chi connectivity index (χ3n) is 2.28. The topological polar surface area (TPSA) is 168 Å². The lowest BCUT2D eigenvalue weighted by molar-refractivity contribution is -0.385. The van der Waals surface area contributed by atoms with E-state index in [2.05, 4.69) is 4.72 Å². The van der Waals surface area contributed by atoms with E-state index >= 15 is 0 Å². The first-order valence-electron chi connectivity index (χ1n) is 5.63. The van der Waals surface area contributed by atoms with Crippen LogP contribution in [-0.4, -0.2) is 39.0 Å². The van der Waals surface area contributed by atoms with Gasteiger partial charge in [0.15, 0.2) is 0 Å². The lowest BCUT2D eigenvalue weighted by Gasteiger charge is -2.09. The van der Waals surface area contributed by atoms with E-state index in [-0.39, 0.29) is 25.4 Å². The summed E-state index contributed by atoms with van der Waals surface area (Å²) in [6.45, 7) is -0.560. The maximum Gasteiger partial charge on any atom is 0.270 e. The van der Waals surface area contributed by atoms with Gasteiger partial charge in [0.1, 0.15) is 11.5 Å². The molecule has 10 nitrogen and oxygen atoms in total. The minimum absolute atomic E-state index is 0.0863. The maximum atomic E-state index is 12.0. The summed E-state index contributed by atoms with van der Waals surface area (Å²) >= 11 is 0. The number of amides is 1. The number of ether oxygens (including phenoxy) is 1. The van der Waals surface area contributed by atoms with Crippen molar-refractivity contribution in [2.45, 2.75) is 4.90 Å². The predicted molar refractivity (Wildman–Crippen MR) is 72.7 cm³/mol. The highest BCUT2D eigenvalue weighted by atomic mass is 32.2. The largest absolute Gasteiger partial charge is 0.398 e. The summed E-state index contributed by atoms with van der Waals surface area (Å²) in [5.41, 5.74) is 9.83. The van der Waals surface area contributed by atoms with Gasteiger partial charge in [-0.1, -0.05) is 0 Å². The van der Waals surface area contributed by atoms with Crippen molar-refractivity contribution in [1.29, 1.82) is 0 Å². The van der Waals surface area contributed by atoms with Crippen LogP contribution in [0, 0.1) is 10.1 Å². The molecule has 1 aromatic carbocycles. The van der Waals surface area contributed by atoms with E-state index in [4.69, 9.17) is 16.2 Å². The average Bonchev–Trinajstić information content (AvgIpc) is 2.37. The molecule has 21 heavy (non-hydrogen) atoms. The Morgan fingerprint density at radius 3 is 2.67 bits per heavy atom. The molecule has 0 radical (unpaired) electrons. The number of anilines is 1. The maximum absolute atomic E-state index is 12.0. The molecule has 0 spiro atoms. The summed E-state index contributed by atoms with van der Waals surface area (Å²) in [4.78, 5) is 19.9. The smallest absolute Gasteiger partial charge is 0.270 e. The molecule has 0 saturated heterocycles. The molecule has 0 fully saturated rings. The highest BCUT2D eigenvalue weighted by molar-refractivity contribution is 7.89. The van der Waals surface area contributed by atoms with Gasteiger partial charge in [-0.05, 0) is 6.07 Å². The van der Waals surface area contributed by atoms with Gasteiger partial charge in [0.2, 0.25) is 15.9 Å². The number of hydrogen-bond acceptors (Lipinski definition) is 7. The lowest BCUT2D eigenvalue weighted by atomic mass is 10.3. The van der Waals surface area contributed by atoms with Crippen LogP contribution >= 0.6 is 0 Å². The molecule has 0 unspecified atom stereocenters. The number of non-ortho nitro benzene ring substituents is 1. The van der Waals surface area contributed by atoms with Gasteiger partial charge in [0.05, 0.1) is 17.2 Å². The Kier molecular flexibility index (Phi) is 5.58. The molecule has 116 valence electrons. The standard InChI is InChI=1S/C10H14N4O6S/c11-8-2-1-7(14(16)17)5-9(8)21(18,19)13-3-4-20-6-10(12)15/h1-2,5,13H,3-4,6,11H2,(H2,12,15). The van der Waals surface area contributed by atoms with Crippen molar-refractivity contribution in [2.24, 2.45) is 5.73 Å². The number of nitrogens with zero attached hydrogens (tertiary/aromatic N) is 1. The summed E-state index contributed by atoms with van der Waals surface area (Å²) in [5, 5.41) is 10.6. The summed E-state index contributed by atoms with van der Waals surface area (Å²) in [7, 11) is -4.02. The van der Waals surface area contributed by atoms with Crippen LogP contribution in [0.15, 0.2) is 23.1 Å². The molecule has 0 saturated carbocycles. The fourth-order valence-electron chi connectivity index (χ4n) is 1.37. The number of nitro groups is 1. The van der Waals surface area contributed by atoms with Crippen LogP contribution in [-0.2, 0) is 19.6 Å². The molecule has 5 N–H and O–H groups in total. The second-order valence-electron chi connectivity index (χ2n) is 3.90. The van der Waals surface area contributed by atoms with Gasteiger partial charge in [0, 0.05) is 18.7 Å². The molecule has 0 aliphatic heterocycles. The van der Waals surface area contributed by atoms with Crippen molar-refractivity contribution < 1.29 is 22.9 Å². The van der Waals surface area contributed by atoms with E-state index in [1.54, 1.807) is 0 Å². The Morgan fingerprint density at radius 1 is 1.43 bits per heavy atom. The molecule has 1 rings (SSSR count). The summed E-state index contributed by atoms with van der Waals surface area (Å²) in [6, 6.07) is 3.10. The lowest BCUT2D eigenvalue weighted by Crippen LogP contribution is -2.29. The number of carbonyl (C=O) groups excluding carboxylic acids is 1. The van der Waals surface area contributed by atoms with Crippen LogP contribution in [0.25, 0.3) is 0 Å². The number of rotatable bonds is 8. The number of benzene rings is 1. The Bertz CT molecular complexity index is 645. The molecule has 1 aromatic rings. The minimum atomic E-state index is -4.02. The number of nitro benzene ring substituents is 1. The van der Waals surface area contributed by atoms with Crippen LogP contribution in [0.2, 0.25) is 0 Å². The number of nitrogen functional groups attached to an aromatic ring is 1. The molecular weight excluding hydrogens is 304 g/mol. The van der Waals surface area contributed by atoms with E-state index in [9.17, 15) is 23.3 Å². The van der Waals surface area contributed by atoms with E-state index in [1.807, 2.05) is 0 Å². The van der Waals surface area contributed by atoms with Gasteiger partial charge in [0.25, 0.3) is 5.69 Å². The van der Waals surface area contributed by atoms with Gasteiger partial charge in [-0.15, -0.1) is 0 Å². The molecule has 0 aliphatic rings. The van der Waals surface area contributed by atoms with Gasteiger partial charge in [-0.25, -0.2) is 13.1 Å². The van der Waals surface area contributed by atoms with E-state index in [1.165, 1.54) is 0 Å². The highest BCUT2D eigenvalue weighted by Crippen LogP contribution is 2.23. The molecule has 0 aliphatic carbocycles. The molecule has 0 bridgehead atoms. The third kappa shape index (κ3) is 4.98. The highest BCUT2D eigenvalue weighted by Gasteiger charge is 2.20. The van der Waals surface area contributed by atoms with Crippen LogP contribution in [0.3, 0.4) is 0 Å². The number of sulfonamides is 1. The van der Waals surface area contributed by atoms with Crippen LogP contribution in [0.1, 0.15) is 0 Å². The van der Waals surface area contributed by atoms with E-state index < -0.39 is 31.4 Å². The molecule has 11 heteroatoms. The number of carbonyl (C=O) groups is 1. The predicted octanol–water partition coefficient (Wildman–Crippen LogP) is -1.04. The first-order valence-corrected chi connectivity index (χ1v) is 7.12. The van der Waals surface area contributed by atoms with Gasteiger partial charge < -0.3 is 16.2 Å². The molecule has 0 aromatic heterocycles. The zero-order valence-corrected chi connectivity index (χ0v) is 11.6. The van der Waals surface area contributed by atoms with Crippen molar-refractivity contribution in [3.05, 3.63) is 28.3 Å². The number of nitrogens with one attached hydrogen (secondary N) is 1. The van der Waals surface area contributed by atoms with Crippen LogP contribution in [0.5, 0.6) is 0 Å². The second-order valence-corrected chi connectivity index (χ2v) is 5.63. The van der Waals surface area contributed by atoms with Gasteiger partial charge in [-0.2, -0.15) is 0 Å².